The average molecular weight is 341 g/mol. The van der Waals surface area contributed by atoms with Gasteiger partial charge in [-0.3, -0.25) is 4.79 Å². The Kier molecular flexibility index (Phi) is 4.49. The van der Waals surface area contributed by atoms with Crippen molar-refractivity contribution >= 4 is 29.5 Å². The molecule has 0 bridgehead atoms. The van der Waals surface area contributed by atoms with Crippen molar-refractivity contribution in [2.75, 3.05) is 0 Å². The largest absolute Gasteiger partial charge is 0.346 e. The van der Waals surface area contributed by atoms with Gasteiger partial charge in [0, 0.05) is 0 Å². The summed E-state index contributed by atoms with van der Waals surface area (Å²) in [6.45, 7) is 3.72. The van der Waals surface area contributed by atoms with Crippen molar-refractivity contribution in [3.05, 3.63) is 57.8 Å². The number of aryl methyl sites for hydroxylation is 2. The van der Waals surface area contributed by atoms with E-state index in [-0.39, 0.29) is 5.91 Å². The monoisotopic (exact) mass is 341 g/mol. The van der Waals surface area contributed by atoms with E-state index >= 15 is 0 Å². The van der Waals surface area contributed by atoms with Crippen LogP contribution in [0.1, 0.15) is 29.3 Å². The summed E-state index contributed by atoms with van der Waals surface area (Å²) in [5, 5.41) is 9.75. The molecule has 1 aromatic heterocycles. The Bertz CT molecular complexity index is 785. The lowest BCUT2D eigenvalue weighted by Gasteiger charge is -2.20. The molecule has 0 saturated carbocycles. The zero-order valence-corrected chi connectivity index (χ0v) is 14.5. The topological polar surface area (TPSA) is 61.8 Å². The molecule has 1 saturated heterocycles. The lowest BCUT2D eigenvalue weighted by atomic mass is 9.93. The normalized spacial score (nSPS) is 20.8. The van der Waals surface area contributed by atoms with Crippen LogP contribution in [-0.4, -0.2) is 28.7 Å². The second-order valence-electron chi connectivity index (χ2n) is 6.08. The molecular weight excluding hydrogens is 322 g/mol. The number of hydrogen-bond donors (Lipinski definition) is 1. The molecule has 0 unspecified atom stereocenters. The van der Waals surface area contributed by atoms with Crippen LogP contribution in [0.25, 0.3) is 0 Å². The molecule has 3 amide bonds. The molecule has 5 nitrogen and oxygen atoms in total. The van der Waals surface area contributed by atoms with Crippen LogP contribution in [-0.2, 0) is 11.2 Å². The minimum absolute atomic E-state index is 0.311. The third kappa shape index (κ3) is 3.23. The predicted octanol–water partition coefficient (Wildman–Crippen LogP) is 3.33. The van der Waals surface area contributed by atoms with Crippen LogP contribution < -0.4 is 5.32 Å². The number of imide groups is 1. The number of amides is 3. The molecule has 0 aliphatic carbocycles. The molecule has 2 heterocycles. The van der Waals surface area contributed by atoms with Gasteiger partial charge in [-0.05, 0) is 49.3 Å². The van der Waals surface area contributed by atoms with Crippen molar-refractivity contribution in [2.24, 2.45) is 5.10 Å². The highest BCUT2D eigenvalue weighted by atomic mass is 32.1. The number of urea groups is 1. The molecule has 1 aliphatic heterocycles. The third-order valence-corrected chi connectivity index (χ3v) is 5.14. The van der Waals surface area contributed by atoms with E-state index in [4.69, 9.17) is 0 Å². The molecule has 1 aliphatic rings. The Morgan fingerprint density at radius 2 is 2.00 bits per heavy atom. The first-order valence-electron chi connectivity index (χ1n) is 7.78. The van der Waals surface area contributed by atoms with Gasteiger partial charge in [-0.2, -0.15) is 5.10 Å². The van der Waals surface area contributed by atoms with Crippen LogP contribution in [0, 0.1) is 6.92 Å². The Labute approximate surface area is 145 Å². The number of rotatable bonds is 5. The SMILES string of the molecule is Cc1ccsc1/C=N\N1C(=O)N[C@@](C)(CCc2ccccc2)C1=O. The second kappa shape index (κ2) is 6.57. The van der Waals surface area contributed by atoms with E-state index in [1.165, 1.54) is 11.3 Å². The number of hydrazone groups is 1. The summed E-state index contributed by atoms with van der Waals surface area (Å²) >= 11 is 1.52. The number of thiophene rings is 1. The van der Waals surface area contributed by atoms with Crippen LogP contribution >= 0.6 is 11.3 Å². The van der Waals surface area contributed by atoms with Crippen LogP contribution in [0.5, 0.6) is 0 Å². The van der Waals surface area contributed by atoms with Gasteiger partial charge in [0.1, 0.15) is 5.54 Å². The maximum Gasteiger partial charge on any atom is 0.346 e. The van der Waals surface area contributed by atoms with E-state index in [0.717, 1.165) is 21.0 Å². The highest BCUT2D eigenvalue weighted by Gasteiger charge is 2.47. The van der Waals surface area contributed by atoms with Gasteiger partial charge in [-0.25, -0.2) is 4.79 Å². The molecule has 0 spiro atoms. The summed E-state index contributed by atoms with van der Waals surface area (Å²) in [5.74, 6) is -0.311. The van der Waals surface area contributed by atoms with Crippen LogP contribution in [0.3, 0.4) is 0 Å². The minimum Gasteiger partial charge on any atom is -0.322 e. The summed E-state index contributed by atoms with van der Waals surface area (Å²) in [7, 11) is 0. The first-order valence-corrected chi connectivity index (χ1v) is 8.66. The van der Waals surface area contributed by atoms with Crippen molar-refractivity contribution < 1.29 is 9.59 Å². The first kappa shape index (κ1) is 16.4. The molecular formula is C18H19N3O2S. The maximum absolute atomic E-state index is 12.6. The van der Waals surface area contributed by atoms with Gasteiger partial charge in [-0.15, -0.1) is 16.3 Å². The summed E-state index contributed by atoms with van der Waals surface area (Å²) in [4.78, 5) is 25.7. The lowest BCUT2D eigenvalue weighted by molar-refractivity contribution is -0.130. The molecule has 1 aromatic carbocycles. The molecule has 2 aromatic rings. The molecule has 1 fully saturated rings. The van der Waals surface area contributed by atoms with Gasteiger partial charge in [0.25, 0.3) is 5.91 Å². The highest BCUT2D eigenvalue weighted by molar-refractivity contribution is 7.11. The molecule has 24 heavy (non-hydrogen) atoms. The second-order valence-corrected chi connectivity index (χ2v) is 7.02. The van der Waals surface area contributed by atoms with E-state index in [0.29, 0.717) is 12.8 Å². The van der Waals surface area contributed by atoms with Crippen molar-refractivity contribution in [1.29, 1.82) is 0 Å². The average Bonchev–Trinajstić information content (AvgIpc) is 3.07. The molecule has 1 N–H and O–H groups in total. The fourth-order valence-corrected chi connectivity index (χ4v) is 3.39. The summed E-state index contributed by atoms with van der Waals surface area (Å²) in [6.07, 6.45) is 2.82. The predicted molar refractivity (Wildman–Crippen MR) is 95.2 cm³/mol. The Morgan fingerprint density at radius 3 is 2.67 bits per heavy atom. The lowest BCUT2D eigenvalue weighted by Crippen LogP contribution is -2.44. The number of carbonyl (C=O) groups excluding carboxylic acids is 2. The van der Waals surface area contributed by atoms with Gasteiger partial charge in [0.15, 0.2) is 0 Å². The van der Waals surface area contributed by atoms with E-state index in [2.05, 4.69) is 10.4 Å². The highest BCUT2D eigenvalue weighted by Crippen LogP contribution is 2.24. The summed E-state index contributed by atoms with van der Waals surface area (Å²) in [6, 6.07) is 11.4. The van der Waals surface area contributed by atoms with Gasteiger partial charge in [-0.1, -0.05) is 30.3 Å². The number of hydrogen-bond acceptors (Lipinski definition) is 4. The van der Waals surface area contributed by atoms with E-state index < -0.39 is 11.6 Å². The zero-order chi connectivity index (χ0) is 17.2. The van der Waals surface area contributed by atoms with Crippen LogP contribution in [0.2, 0.25) is 0 Å². The minimum atomic E-state index is -0.922. The number of nitrogens with zero attached hydrogens (tertiary/aromatic N) is 2. The Hall–Kier alpha value is -2.47. The number of benzene rings is 1. The Morgan fingerprint density at radius 1 is 1.25 bits per heavy atom. The van der Waals surface area contributed by atoms with Gasteiger partial charge in [0.05, 0.1) is 11.1 Å². The molecule has 124 valence electrons. The Balaban J connectivity index is 1.71. The van der Waals surface area contributed by atoms with Crippen molar-refractivity contribution in [3.8, 4) is 0 Å². The van der Waals surface area contributed by atoms with Crippen molar-refractivity contribution in [1.82, 2.24) is 10.3 Å². The van der Waals surface area contributed by atoms with E-state index in [1.807, 2.05) is 48.7 Å². The fraction of sp³-hybridized carbons (Fsp3) is 0.278. The first-order chi connectivity index (χ1) is 11.5. The van der Waals surface area contributed by atoms with Crippen molar-refractivity contribution in [2.45, 2.75) is 32.2 Å². The fourth-order valence-electron chi connectivity index (χ4n) is 2.61. The van der Waals surface area contributed by atoms with E-state index in [9.17, 15) is 9.59 Å². The molecule has 3 rings (SSSR count). The summed E-state index contributed by atoms with van der Waals surface area (Å²) in [5.41, 5.74) is 1.29. The standard InChI is InChI=1S/C18H19N3O2S/c1-13-9-11-24-15(13)12-19-21-16(22)18(2,20-17(21)23)10-8-14-6-4-3-5-7-14/h3-7,9,11-12H,8,10H2,1-2H3,(H,20,23)/b19-12-/t18-/m0/s1. The maximum atomic E-state index is 12.6. The molecule has 1 atom stereocenters. The van der Waals surface area contributed by atoms with E-state index in [1.54, 1.807) is 13.1 Å². The molecule has 0 radical (unpaired) electrons. The summed E-state index contributed by atoms with van der Waals surface area (Å²) < 4.78 is 0. The number of nitrogens with one attached hydrogen (secondary N) is 1. The molecule has 6 heteroatoms. The van der Waals surface area contributed by atoms with Gasteiger partial charge < -0.3 is 5.32 Å². The van der Waals surface area contributed by atoms with Crippen LogP contribution in [0.15, 0.2) is 46.9 Å². The van der Waals surface area contributed by atoms with Crippen molar-refractivity contribution in [3.63, 3.8) is 0 Å². The number of carbonyl (C=O) groups is 2. The van der Waals surface area contributed by atoms with Gasteiger partial charge >= 0.3 is 6.03 Å². The third-order valence-electron chi connectivity index (χ3n) is 4.19. The van der Waals surface area contributed by atoms with Crippen LogP contribution in [0.4, 0.5) is 4.79 Å². The zero-order valence-electron chi connectivity index (χ0n) is 13.7. The van der Waals surface area contributed by atoms with Gasteiger partial charge in [0.2, 0.25) is 0 Å². The quantitative estimate of drug-likeness (QED) is 0.670. The smallest absolute Gasteiger partial charge is 0.322 e.